The lowest BCUT2D eigenvalue weighted by Gasteiger charge is -2.19. The van der Waals surface area contributed by atoms with Gasteiger partial charge in [-0.3, -0.25) is 5.41 Å². The Morgan fingerprint density at radius 2 is 2.33 bits per heavy atom. The molecule has 0 unspecified atom stereocenters. The van der Waals surface area contributed by atoms with Crippen LogP contribution in [-0.4, -0.2) is 16.8 Å². The summed E-state index contributed by atoms with van der Waals surface area (Å²) in [5.74, 6) is 0.713. The minimum absolute atomic E-state index is 0.441. The molecule has 1 N–H and O–H groups in total. The third kappa shape index (κ3) is 1.12. The van der Waals surface area contributed by atoms with E-state index in [2.05, 4.69) is 13.8 Å². The Balaban J connectivity index is 2.59. The normalized spacial score (nSPS) is 18.1. The molecule has 0 aromatic carbocycles. The predicted octanol–water partition coefficient (Wildman–Crippen LogP) is 1.59. The van der Waals surface area contributed by atoms with E-state index in [1.165, 1.54) is 0 Å². The summed E-state index contributed by atoms with van der Waals surface area (Å²) in [6.07, 6.45) is 4.80. The van der Waals surface area contributed by atoms with Crippen LogP contribution < -0.4 is 0 Å². The standard InChI is InChI=1S/C7H12N2/c1-6(2)9-5-3-4-7(9)8/h3,5-6,8H,4H2,1-2H3. The second kappa shape index (κ2) is 2.21. The Morgan fingerprint density at radius 3 is 2.56 bits per heavy atom. The molecule has 0 saturated heterocycles. The average Bonchev–Trinajstić information content (AvgIpc) is 2.13. The van der Waals surface area contributed by atoms with Crippen molar-refractivity contribution in [1.29, 1.82) is 5.41 Å². The lowest BCUT2D eigenvalue weighted by atomic mass is 10.3. The van der Waals surface area contributed by atoms with Crippen LogP contribution in [0.1, 0.15) is 20.3 Å². The van der Waals surface area contributed by atoms with E-state index in [0.717, 1.165) is 6.42 Å². The fourth-order valence-electron chi connectivity index (χ4n) is 0.957. The summed E-state index contributed by atoms with van der Waals surface area (Å²) in [7, 11) is 0. The molecule has 0 atom stereocenters. The van der Waals surface area contributed by atoms with Gasteiger partial charge in [0.2, 0.25) is 0 Å². The zero-order chi connectivity index (χ0) is 6.85. The van der Waals surface area contributed by atoms with Crippen molar-refractivity contribution in [2.24, 2.45) is 0 Å². The van der Waals surface area contributed by atoms with Crippen LogP contribution >= 0.6 is 0 Å². The molecule has 0 fully saturated rings. The molecule has 0 spiro atoms. The minimum Gasteiger partial charge on any atom is -0.335 e. The number of hydrogen-bond donors (Lipinski definition) is 1. The third-order valence-corrected chi connectivity index (χ3v) is 1.45. The third-order valence-electron chi connectivity index (χ3n) is 1.45. The Bertz CT molecular complexity index is 147. The molecule has 0 aromatic heterocycles. The quantitative estimate of drug-likeness (QED) is 0.564. The first-order valence-corrected chi connectivity index (χ1v) is 3.24. The first-order chi connectivity index (χ1) is 4.22. The Kier molecular flexibility index (Phi) is 1.56. The molecule has 2 heteroatoms. The summed E-state index contributed by atoms with van der Waals surface area (Å²) in [6, 6.07) is 0.441. The van der Waals surface area contributed by atoms with Crippen molar-refractivity contribution in [1.82, 2.24) is 4.90 Å². The maximum Gasteiger partial charge on any atom is 0.104 e. The summed E-state index contributed by atoms with van der Waals surface area (Å²) in [5, 5.41) is 7.40. The zero-order valence-corrected chi connectivity index (χ0v) is 5.89. The molecule has 2 nitrogen and oxygen atoms in total. The number of nitrogens with one attached hydrogen (secondary N) is 1. The number of amidine groups is 1. The van der Waals surface area contributed by atoms with Crippen LogP contribution in [0.25, 0.3) is 0 Å². The highest BCUT2D eigenvalue weighted by atomic mass is 15.2. The van der Waals surface area contributed by atoms with E-state index in [1.54, 1.807) is 0 Å². The van der Waals surface area contributed by atoms with Gasteiger partial charge in [-0.25, -0.2) is 0 Å². The molecule has 1 aliphatic heterocycles. The van der Waals surface area contributed by atoms with E-state index >= 15 is 0 Å². The number of hydrogen-bond acceptors (Lipinski definition) is 1. The van der Waals surface area contributed by atoms with E-state index in [0.29, 0.717) is 11.9 Å². The molecule has 1 heterocycles. The van der Waals surface area contributed by atoms with Crippen LogP contribution in [0.2, 0.25) is 0 Å². The SMILES string of the molecule is CC(C)N1C=CCC1=N. The molecule has 1 rings (SSSR count). The van der Waals surface area contributed by atoms with Crippen molar-refractivity contribution < 1.29 is 0 Å². The zero-order valence-electron chi connectivity index (χ0n) is 5.89. The van der Waals surface area contributed by atoms with E-state index in [4.69, 9.17) is 5.41 Å². The van der Waals surface area contributed by atoms with Crippen molar-refractivity contribution in [3.05, 3.63) is 12.3 Å². The molecule has 0 aromatic rings. The van der Waals surface area contributed by atoms with Crippen LogP contribution in [0.15, 0.2) is 12.3 Å². The van der Waals surface area contributed by atoms with E-state index < -0.39 is 0 Å². The van der Waals surface area contributed by atoms with E-state index in [1.807, 2.05) is 17.2 Å². The molecular formula is C7H12N2. The van der Waals surface area contributed by atoms with E-state index in [-0.39, 0.29) is 0 Å². The fourth-order valence-corrected chi connectivity index (χ4v) is 0.957. The first-order valence-electron chi connectivity index (χ1n) is 3.24. The summed E-state index contributed by atoms with van der Waals surface area (Å²) >= 11 is 0. The lowest BCUT2D eigenvalue weighted by molar-refractivity contribution is 0.462. The van der Waals surface area contributed by atoms with Gasteiger partial charge in [-0.15, -0.1) is 0 Å². The lowest BCUT2D eigenvalue weighted by Crippen LogP contribution is -2.27. The maximum atomic E-state index is 7.40. The monoisotopic (exact) mass is 124 g/mol. The van der Waals surface area contributed by atoms with Gasteiger partial charge in [0.15, 0.2) is 0 Å². The summed E-state index contributed by atoms with van der Waals surface area (Å²) < 4.78 is 0. The van der Waals surface area contributed by atoms with Crippen molar-refractivity contribution in [3.8, 4) is 0 Å². The number of nitrogens with zero attached hydrogens (tertiary/aromatic N) is 1. The Morgan fingerprint density at radius 1 is 1.67 bits per heavy atom. The van der Waals surface area contributed by atoms with Crippen LogP contribution in [0.5, 0.6) is 0 Å². The second-order valence-electron chi connectivity index (χ2n) is 2.54. The highest BCUT2D eigenvalue weighted by molar-refractivity contribution is 5.84. The van der Waals surface area contributed by atoms with Gasteiger partial charge in [-0.05, 0) is 13.8 Å². The first kappa shape index (κ1) is 6.33. The Hall–Kier alpha value is -0.790. The highest BCUT2D eigenvalue weighted by Crippen LogP contribution is 2.09. The van der Waals surface area contributed by atoms with Crippen molar-refractivity contribution in [2.45, 2.75) is 26.3 Å². The molecule has 0 aliphatic carbocycles. The van der Waals surface area contributed by atoms with E-state index in [9.17, 15) is 0 Å². The van der Waals surface area contributed by atoms with Crippen LogP contribution in [-0.2, 0) is 0 Å². The highest BCUT2D eigenvalue weighted by Gasteiger charge is 2.12. The maximum absolute atomic E-state index is 7.40. The summed E-state index contributed by atoms with van der Waals surface area (Å²) in [6.45, 7) is 4.18. The van der Waals surface area contributed by atoms with Crippen molar-refractivity contribution in [2.75, 3.05) is 0 Å². The number of rotatable bonds is 1. The molecule has 0 saturated carbocycles. The van der Waals surface area contributed by atoms with Gasteiger partial charge in [0, 0.05) is 18.7 Å². The largest absolute Gasteiger partial charge is 0.335 e. The van der Waals surface area contributed by atoms with Crippen LogP contribution in [0.3, 0.4) is 0 Å². The van der Waals surface area contributed by atoms with Gasteiger partial charge in [-0.1, -0.05) is 6.08 Å². The topological polar surface area (TPSA) is 27.1 Å². The molecule has 1 aliphatic rings. The van der Waals surface area contributed by atoms with Gasteiger partial charge >= 0.3 is 0 Å². The van der Waals surface area contributed by atoms with Gasteiger partial charge in [0.05, 0.1) is 0 Å². The molecule has 9 heavy (non-hydrogen) atoms. The fraction of sp³-hybridized carbons (Fsp3) is 0.571. The summed E-state index contributed by atoms with van der Waals surface area (Å²) in [5.41, 5.74) is 0. The second-order valence-corrected chi connectivity index (χ2v) is 2.54. The predicted molar refractivity (Wildman–Crippen MR) is 38.5 cm³/mol. The Labute approximate surface area is 55.7 Å². The molecule has 0 bridgehead atoms. The van der Waals surface area contributed by atoms with Crippen molar-refractivity contribution in [3.63, 3.8) is 0 Å². The molecular weight excluding hydrogens is 112 g/mol. The van der Waals surface area contributed by atoms with Gasteiger partial charge in [-0.2, -0.15) is 0 Å². The van der Waals surface area contributed by atoms with Gasteiger partial charge in [0.25, 0.3) is 0 Å². The van der Waals surface area contributed by atoms with Gasteiger partial charge in [0.1, 0.15) is 5.84 Å². The smallest absolute Gasteiger partial charge is 0.104 e. The minimum atomic E-state index is 0.441. The average molecular weight is 124 g/mol. The van der Waals surface area contributed by atoms with Crippen molar-refractivity contribution >= 4 is 5.84 Å². The van der Waals surface area contributed by atoms with Crippen LogP contribution in [0.4, 0.5) is 0 Å². The van der Waals surface area contributed by atoms with Crippen LogP contribution in [0, 0.1) is 5.41 Å². The molecule has 50 valence electrons. The van der Waals surface area contributed by atoms with Gasteiger partial charge < -0.3 is 4.90 Å². The summed E-state index contributed by atoms with van der Waals surface area (Å²) in [4.78, 5) is 1.97. The molecule has 0 radical (unpaired) electrons. The molecule has 0 amide bonds.